The summed E-state index contributed by atoms with van der Waals surface area (Å²) in [6, 6.07) is 5.49. The van der Waals surface area contributed by atoms with Gasteiger partial charge in [0.05, 0.1) is 19.7 Å². The average molecular weight is 353 g/mol. The first-order valence-electron chi connectivity index (χ1n) is 9.85. The van der Waals surface area contributed by atoms with Crippen molar-refractivity contribution in [2.45, 2.75) is 50.6 Å². The van der Waals surface area contributed by atoms with Crippen molar-refractivity contribution in [1.29, 1.82) is 0 Å². The second kappa shape index (κ2) is 6.31. The minimum absolute atomic E-state index is 0.527. The number of nitrogens with one attached hydrogen (secondary N) is 1. The Morgan fingerprint density at radius 2 is 1.88 bits per heavy atom. The number of aromatic nitrogens is 1. The van der Waals surface area contributed by atoms with Gasteiger partial charge in [-0.25, -0.2) is 0 Å². The highest BCUT2D eigenvalue weighted by atomic mass is 16.5. The quantitative estimate of drug-likeness (QED) is 0.893. The van der Waals surface area contributed by atoms with Gasteiger partial charge in [0.15, 0.2) is 11.5 Å². The van der Waals surface area contributed by atoms with Crippen LogP contribution in [0.2, 0.25) is 0 Å². The summed E-state index contributed by atoms with van der Waals surface area (Å²) in [6.45, 7) is 2.39. The highest BCUT2D eigenvalue weighted by Gasteiger charge is 2.35. The smallest absolute Gasteiger partial charge is 0.162 e. The number of benzene rings is 1. The van der Waals surface area contributed by atoms with Crippen LogP contribution in [0.25, 0.3) is 10.9 Å². The molecule has 5 heteroatoms. The van der Waals surface area contributed by atoms with Crippen molar-refractivity contribution in [1.82, 2.24) is 9.88 Å². The summed E-state index contributed by atoms with van der Waals surface area (Å²) in [6.07, 6.45) is 7.39. The fourth-order valence-electron chi connectivity index (χ4n) is 4.63. The molecule has 1 N–H and O–H groups in total. The van der Waals surface area contributed by atoms with E-state index < -0.39 is 0 Å². The van der Waals surface area contributed by atoms with Crippen LogP contribution in [0, 0.1) is 0 Å². The lowest BCUT2D eigenvalue weighted by molar-refractivity contribution is 0.326. The molecular formula is C21H27N3O2. The molecule has 5 rings (SSSR count). The topological polar surface area (TPSA) is 46.6 Å². The molecule has 1 aliphatic heterocycles. The van der Waals surface area contributed by atoms with Crippen molar-refractivity contribution in [3.05, 3.63) is 23.4 Å². The van der Waals surface area contributed by atoms with Crippen molar-refractivity contribution in [2.75, 3.05) is 32.6 Å². The number of hydrogen-bond donors (Lipinski definition) is 1. The lowest BCUT2D eigenvalue weighted by Crippen LogP contribution is -2.28. The standard InChI is InChI=1S/C21H27N3O2/c1-25-19-10-16-18(11-20(19)26-2)23-17-5-3-4-15(17)21(16)22-13-8-9-24(12-13)14-6-7-14/h10-11,13-14H,3-9,12H2,1-2H3,(H,22,23)/t13-/m0/s1. The maximum Gasteiger partial charge on any atom is 0.162 e. The zero-order valence-corrected chi connectivity index (χ0v) is 15.7. The molecule has 1 saturated heterocycles. The van der Waals surface area contributed by atoms with E-state index in [4.69, 9.17) is 14.5 Å². The third kappa shape index (κ3) is 2.69. The van der Waals surface area contributed by atoms with Crippen molar-refractivity contribution < 1.29 is 9.47 Å². The molecule has 1 aromatic heterocycles. The minimum atomic E-state index is 0.527. The molecule has 0 radical (unpaired) electrons. The van der Waals surface area contributed by atoms with E-state index in [0.29, 0.717) is 6.04 Å². The predicted octanol–water partition coefficient (Wildman–Crippen LogP) is 3.39. The van der Waals surface area contributed by atoms with Gasteiger partial charge in [-0.05, 0) is 50.2 Å². The third-order valence-corrected chi connectivity index (χ3v) is 6.15. The molecule has 138 valence electrons. The van der Waals surface area contributed by atoms with Crippen LogP contribution in [0.4, 0.5) is 5.69 Å². The molecule has 1 aromatic carbocycles. The van der Waals surface area contributed by atoms with Crippen LogP contribution in [0.3, 0.4) is 0 Å². The van der Waals surface area contributed by atoms with Gasteiger partial charge in [-0.1, -0.05) is 0 Å². The highest BCUT2D eigenvalue weighted by Crippen LogP contribution is 2.40. The number of nitrogens with zero attached hydrogens (tertiary/aromatic N) is 2. The zero-order valence-electron chi connectivity index (χ0n) is 15.7. The number of ether oxygens (including phenoxy) is 2. The summed E-state index contributed by atoms with van der Waals surface area (Å²) in [5.41, 5.74) is 4.95. The Hall–Kier alpha value is -2.01. The van der Waals surface area contributed by atoms with Gasteiger partial charge in [0.25, 0.3) is 0 Å². The molecule has 2 heterocycles. The highest BCUT2D eigenvalue weighted by molar-refractivity contribution is 5.96. The number of rotatable bonds is 5. The summed E-state index contributed by atoms with van der Waals surface area (Å²) in [5, 5.41) is 5.07. The fourth-order valence-corrected chi connectivity index (χ4v) is 4.63. The fraction of sp³-hybridized carbons (Fsp3) is 0.571. The largest absolute Gasteiger partial charge is 0.493 e. The average Bonchev–Trinajstić information content (AvgIpc) is 3.22. The van der Waals surface area contributed by atoms with E-state index in [9.17, 15) is 0 Å². The molecule has 2 fully saturated rings. The zero-order chi connectivity index (χ0) is 17.7. The second-order valence-electron chi connectivity index (χ2n) is 7.85. The normalized spacial score (nSPS) is 22.6. The van der Waals surface area contributed by atoms with Crippen molar-refractivity contribution in [3.8, 4) is 11.5 Å². The molecule has 0 spiro atoms. The second-order valence-corrected chi connectivity index (χ2v) is 7.85. The Labute approximate surface area is 154 Å². The van der Waals surface area contributed by atoms with Gasteiger partial charge in [0, 0.05) is 48.0 Å². The first-order valence-corrected chi connectivity index (χ1v) is 9.85. The summed E-state index contributed by atoms with van der Waals surface area (Å²) in [7, 11) is 3.38. The van der Waals surface area contributed by atoms with E-state index in [-0.39, 0.29) is 0 Å². The number of aryl methyl sites for hydroxylation is 1. The molecule has 1 saturated carbocycles. The lowest BCUT2D eigenvalue weighted by Gasteiger charge is -2.21. The maximum atomic E-state index is 5.56. The summed E-state index contributed by atoms with van der Waals surface area (Å²) in [4.78, 5) is 7.60. The van der Waals surface area contributed by atoms with Crippen LogP contribution >= 0.6 is 0 Å². The van der Waals surface area contributed by atoms with Crippen LogP contribution < -0.4 is 14.8 Å². The summed E-state index contributed by atoms with van der Waals surface area (Å²) >= 11 is 0. The summed E-state index contributed by atoms with van der Waals surface area (Å²) < 4.78 is 11.0. The number of fused-ring (bicyclic) bond motifs is 2. The molecule has 0 bridgehead atoms. The lowest BCUT2D eigenvalue weighted by atomic mass is 10.0. The minimum Gasteiger partial charge on any atom is -0.493 e. The van der Waals surface area contributed by atoms with E-state index in [2.05, 4.69) is 16.3 Å². The van der Waals surface area contributed by atoms with Gasteiger partial charge in [-0.3, -0.25) is 9.88 Å². The van der Waals surface area contributed by atoms with E-state index in [0.717, 1.165) is 47.8 Å². The molecule has 0 amide bonds. The Balaban J connectivity index is 1.55. The molecule has 0 unspecified atom stereocenters. The number of hydrogen-bond acceptors (Lipinski definition) is 5. The maximum absolute atomic E-state index is 5.56. The Morgan fingerprint density at radius 3 is 2.65 bits per heavy atom. The van der Waals surface area contributed by atoms with E-state index in [1.165, 1.54) is 49.2 Å². The predicted molar refractivity (Wildman–Crippen MR) is 103 cm³/mol. The number of anilines is 1. The Bertz CT molecular complexity index is 847. The van der Waals surface area contributed by atoms with Gasteiger partial charge in [0.1, 0.15) is 0 Å². The van der Waals surface area contributed by atoms with E-state index >= 15 is 0 Å². The SMILES string of the molecule is COc1cc2nc3c(c(N[C@H]4CCN(C5CC5)C4)c2cc1OC)CCC3. The van der Waals surface area contributed by atoms with Gasteiger partial charge in [0.2, 0.25) is 0 Å². The molecule has 3 aliphatic rings. The van der Waals surface area contributed by atoms with E-state index in [1.54, 1.807) is 14.2 Å². The molecule has 1 atom stereocenters. The van der Waals surface area contributed by atoms with Gasteiger partial charge >= 0.3 is 0 Å². The van der Waals surface area contributed by atoms with Gasteiger partial charge in [-0.2, -0.15) is 0 Å². The third-order valence-electron chi connectivity index (χ3n) is 6.15. The van der Waals surface area contributed by atoms with Crippen LogP contribution in [0.5, 0.6) is 11.5 Å². The Morgan fingerprint density at radius 1 is 1.08 bits per heavy atom. The molecule has 2 aromatic rings. The van der Waals surface area contributed by atoms with Gasteiger partial charge < -0.3 is 14.8 Å². The van der Waals surface area contributed by atoms with Gasteiger partial charge in [-0.15, -0.1) is 0 Å². The number of pyridine rings is 1. The number of likely N-dealkylation sites (tertiary alicyclic amines) is 1. The molecule has 2 aliphatic carbocycles. The monoisotopic (exact) mass is 353 g/mol. The van der Waals surface area contributed by atoms with E-state index in [1.807, 2.05) is 6.07 Å². The van der Waals surface area contributed by atoms with Crippen molar-refractivity contribution >= 4 is 16.6 Å². The van der Waals surface area contributed by atoms with Crippen LogP contribution in [-0.4, -0.2) is 49.3 Å². The molecule has 5 nitrogen and oxygen atoms in total. The van der Waals surface area contributed by atoms with Crippen LogP contribution in [0.15, 0.2) is 12.1 Å². The molecule has 26 heavy (non-hydrogen) atoms. The van der Waals surface area contributed by atoms with Crippen LogP contribution in [0.1, 0.15) is 36.9 Å². The first kappa shape index (κ1) is 16.2. The summed E-state index contributed by atoms with van der Waals surface area (Å²) in [5.74, 6) is 1.52. The van der Waals surface area contributed by atoms with Crippen molar-refractivity contribution in [3.63, 3.8) is 0 Å². The van der Waals surface area contributed by atoms with Crippen molar-refractivity contribution in [2.24, 2.45) is 0 Å². The number of methoxy groups -OCH3 is 2. The Kier molecular flexibility index (Phi) is 3.92. The first-order chi connectivity index (χ1) is 12.8. The molecular weight excluding hydrogens is 326 g/mol. The van der Waals surface area contributed by atoms with Crippen LogP contribution in [-0.2, 0) is 12.8 Å².